The van der Waals surface area contributed by atoms with Gasteiger partial charge in [-0.05, 0) is 43.7 Å². The molecule has 0 unspecified atom stereocenters. The Balaban J connectivity index is 1.70. The van der Waals surface area contributed by atoms with Gasteiger partial charge in [-0.1, -0.05) is 40.9 Å². The van der Waals surface area contributed by atoms with E-state index in [1.165, 1.54) is 0 Å². The quantitative estimate of drug-likeness (QED) is 0.766. The predicted octanol–water partition coefficient (Wildman–Crippen LogP) is 4.29. The molecular formula is C20H20Cl2N2O2. The first-order chi connectivity index (χ1) is 12.4. The molecule has 2 aromatic carbocycles. The van der Waals surface area contributed by atoms with E-state index in [4.69, 9.17) is 23.2 Å². The van der Waals surface area contributed by atoms with E-state index >= 15 is 0 Å². The molecule has 6 heteroatoms. The maximum atomic E-state index is 12.8. The van der Waals surface area contributed by atoms with Crippen LogP contribution in [0.3, 0.4) is 0 Å². The average molecular weight is 391 g/mol. The van der Waals surface area contributed by atoms with E-state index in [9.17, 15) is 9.59 Å². The molecule has 3 rings (SSSR count). The van der Waals surface area contributed by atoms with Gasteiger partial charge in [0.15, 0.2) is 0 Å². The van der Waals surface area contributed by atoms with E-state index in [1.54, 1.807) is 23.1 Å². The molecule has 0 atom stereocenters. The molecule has 2 aromatic rings. The molecule has 1 heterocycles. The molecule has 26 heavy (non-hydrogen) atoms. The summed E-state index contributed by atoms with van der Waals surface area (Å²) in [6, 6.07) is 12.4. The maximum Gasteiger partial charge on any atom is 0.254 e. The van der Waals surface area contributed by atoms with E-state index in [2.05, 4.69) is 0 Å². The Bertz CT molecular complexity index is 818. The summed E-state index contributed by atoms with van der Waals surface area (Å²) in [7, 11) is 0. The van der Waals surface area contributed by atoms with Crippen molar-refractivity contribution in [2.24, 2.45) is 0 Å². The lowest BCUT2D eigenvalue weighted by Gasteiger charge is -2.22. The van der Waals surface area contributed by atoms with Gasteiger partial charge >= 0.3 is 0 Å². The van der Waals surface area contributed by atoms with Crippen LogP contribution >= 0.6 is 23.2 Å². The molecule has 1 aliphatic rings. The zero-order valence-corrected chi connectivity index (χ0v) is 16.1. The standard InChI is InChI=1S/C20H20Cl2N2O2/c1-14-4-2-5-15(10-14)19(25)23-6-3-7-24(9-8-23)20(26)16-11-17(21)13-18(22)12-16/h2,4-5,10-13H,3,6-9H2,1H3. The van der Waals surface area contributed by atoms with Crippen molar-refractivity contribution in [2.75, 3.05) is 26.2 Å². The van der Waals surface area contributed by atoms with Crippen LogP contribution in [0, 0.1) is 6.92 Å². The molecule has 1 aliphatic heterocycles. The van der Waals surface area contributed by atoms with Crippen LogP contribution in [0.5, 0.6) is 0 Å². The molecule has 4 nitrogen and oxygen atoms in total. The first-order valence-corrected chi connectivity index (χ1v) is 9.31. The lowest BCUT2D eigenvalue weighted by molar-refractivity contribution is 0.0718. The van der Waals surface area contributed by atoms with Crippen molar-refractivity contribution in [1.29, 1.82) is 0 Å². The summed E-state index contributed by atoms with van der Waals surface area (Å²) in [5.74, 6) is -0.104. The smallest absolute Gasteiger partial charge is 0.254 e. The van der Waals surface area contributed by atoms with E-state index in [-0.39, 0.29) is 11.8 Å². The van der Waals surface area contributed by atoms with Crippen LogP contribution in [0.4, 0.5) is 0 Å². The molecule has 0 bridgehead atoms. The van der Waals surface area contributed by atoms with Gasteiger partial charge in [-0.25, -0.2) is 0 Å². The van der Waals surface area contributed by atoms with Crippen molar-refractivity contribution in [3.63, 3.8) is 0 Å². The molecule has 1 saturated heterocycles. The number of aryl methyl sites for hydroxylation is 1. The fourth-order valence-electron chi connectivity index (χ4n) is 3.14. The van der Waals surface area contributed by atoms with Crippen molar-refractivity contribution in [1.82, 2.24) is 9.80 Å². The Morgan fingerprint density at radius 2 is 1.38 bits per heavy atom. The maximum absolute atomic E-state index is 12.8. The first kappa shape index (κ1) is 18.7. The summed E-state index contributed by atoms with van der Waals surface area (Å²) in [6.07, 6.45) is 0.734. The summed E-state index contributed by atoms with van der Waals surface area (Å²) in [4.78, 5) is 29.0. The van der Waals surface area contributed by atoms with Crippen molar-refractivity contribution in [3.05, 3.63) is 69.2 Å². The van der Waals surface area contributed by atoms with E-state index in [1.807, 2.05) is 36.1 Å². The summed E-state index contributed by atoms with van der Waals surface area (Å²) in [5.41, 5.74) is 2.22. The lowest BCUT2D eigenvalue weighted by atomic mass is 10.1. The van der Waals surface area contributed by atoms with Crippen LogP contribution in [0.2, 0.25) is 10.0 Å². The highest BCUT2D eigenvalue weighted by Gasteiger charge is 2.24. The Kier molecular flexibility index (Phi) is 5.84. The zero-order valence-electron chi connectivity index (χ0n) is 14.5. The molecule has 0 spiro atoms. The highest BCUT2D eigenvalue weighted by atomic mass is 35.5. The monoisotopic (exact) mass is 390 g/mol. The second-order valence-electron chi connectivity index (χ2n) is 6.47. The summed E-state index contributed by atoms with van der Waals surface area (Å²) < 4.78 is 0. The first-order valence-electron chi connectivity index (χ1n) is 8.55. The third kappa shape index (κ3) is 4.37. The fourth-order valence-corrected chi connectivity index (χ4v) is 3.67. The molecule has 0 saturated carbocycles. The van der Waals surface area contributed by atoms with Gasteiger partial charge in [0.2, 0.25) is 0 Å². The van der Waals surface area contributed by atoms with E-state index < -0.39 is 0 Å². The molecule has 0 aliphatic carbocycles. The van der Waals surface area contributed by atoms with E-state index in [0.717, 1.165) is 12.0 Å². The lowest BCUT2D eigenvalue weighted by Crippen LogP contribution is -2.37. The van der Waals surface area contributed by atoms with Crippen LogP contribution in [0.15, 0.2) is 42.5 Å². The largest absolute Gasteiger partial charge is 0.337 e. The molecule has 136 valence electrons. The van der Waals surface area contributed by atoms with Gasteiger partial charge in [0.25, 0.3) is 11.8 Å². The summed E-state index contributed by atoms with van der Waals surface area (Å²) >= 11 is 12.0. The van der Waals surface area contributed by atoms with Gasteiger partial charge in [-0.3, -0.25) is 9.59 Å². The third-order valence-corrected chi connectivity index (χ3v) is 4.88. The van der Waals surface area contributed by atoms with Crippen molar-refractivity contribution >= 4 is 35.0 Å². The number of amides is 2. The number of carbonyl (C=O) groups is 2. The van der Waals surface area contributed by atoms with Gasteiger partial charge in [0.1, 0.15) is 0 Å². The number of benzene rings is 2. The molecule has 1 fully saturated rings. The number of nitrogens with zero attached hydrogens (tertiary/aromatic N) is 2. The minimum atomic E-state index is -0.112. The third-order valence-electron chi connectivity index (χ3n) is 4.44. The van der Waals surface area contributed by atoms with Crippen LogP contribution < -0.4 is 0 Å². The van der Waals surface area contributed by atoms with Crippen LogP contribution in [0.25, 0.3) is 0 Å². The van der Waals surface area contributed by atoms with Crippen LogP contribution in [0.1, 0.15) is 32.7 Å². The average Bonchev–Trinajstić information content (AvgIpc) is 2.85. The number of carbonyl (C=O) groups excluding carboxylic acids is 2. The summed E-state index contributed by atoms with van der Waals surface area (Å²) in [5, 5.41) is 0.874. The van der Waals surface area contributed by atoms with Crippen molar-refractivity contribution in [2.45, 2.75) is 13.3 Å². The topological polar surface area (TPSA) is 40.6 Å². The fraction of sp³-hybridized carbons (Fsp3) is 0.300. The Labute approximate surface area is 163 Å². The van der Waals surface area contributed by atoms with Crippen molar-refractivity contribution in [3.8, 4) is 0 Å². The van der Waals surface area contributed by atoms with Gasteiger partial charge in [0, 0.05) is 47.4 Å². The molecular weight excluding hydrogens is 371 g/mol. The van der Waals surface area contributed by atoms with Gasteiger partial charge in [-0.2, -0.15) is 0 Å². The Morgan fingerprint density at radius 1 is 0.808 bits per heavy atom. The number of hydrogen-bond donors (Lipinski definition) is 0. The summed E-state index contributed by atoms with van der Waals surface area (Å²) in [6.45, 7) is 4.19. The molecule has 2 amide bonds. The Morgan fingerprint density at radius 3 is 1.96 bits per heavy atom. The number of halogens is 2. The minimum Gasteiger partial charge on any atom is -0.337 e. The molecule has 0 radical (unpaired) electrons. The highest BCUT2D eigenvalue weighted by Crippen LogP contribution is 2.21. The van der Waals surface area contributed by atoms with Crippen molar-refractivity contribution < 1.29 is 9.59 Å². The molecule has 0 N–H and O–H groups in total. The van der Waals surface area contributed by atoms with Crippen LogP contribution in [-0.4, -0.2) is 47.8 Å². The van der Waals surface area contributed by atoms with Gasteiger partial charge in [-0.15, -0.1) is 0 Å². The predicted molar refractivity (Wildman–Crippen MR) is 104 cm³/mol. The van der Waals surface area contributed by atoms with Gasteiger partial charge < -0.3 is 9.80 Å². The molecule has 0 aromatic heterocycles. The minimum absolute atomic E-state index is 0.00815. The van der Waals surface area contributed by atoms with Crippen LogP contribution in [-0.2, 0) is 0 Å². The second kappa shape index (κ2) is 8.11. The number of rotatable bonds is 2. The normalized spacial score (nSPS) is 14.9. The number of hydrogen-bond acceptors (Lipinski definition) is 2. The second-order valence-corrected chi connectivity index (χ2v) is 7.34. The zero-order chi connectivity index (χ0) is 18.7. The highest BCUT2D eigenvalue weighted by molar-refractivity contribution is 6.35. The van der Waals surface area contributed by atoms with E-state index in [0.29, 0.717) is 47.4 Å². The van der Waals surface area contributed by atoms with Gasteiger partial charge in [0.05, 0.1) is 0 Å². The SMILES string of the molecule is Cc1cccc(C(=O)N2CCCN(C(=O)c3cc(Cl)cc(Cl)c3)CC2)c1. The Hall–Kier alpha value is -2.04.